The van der Waals surface area contributed by atoms with Crippen LogP contribution in [-0.2, 0) is 0 Å². The number of rotatable bonds is 5. The van der Waals surface area contributed by atoms with Crippen molar-refractivity contribution in [3.05, 3.63) is 29.3 Å². The van der Waals surface area contributed by atoms with E-state index in [1.165, 1.54) is 11.1 Å². The second-order valence-corrected chi connectivity index (χ2v) is 3.89. The van der Waals surface area contributed by atoms with E-state index in [0.717, 1.165) is 25.2 Å². The van der Waals surface area contributed by atoms with Crippen LogP contribution in [0.25, 0.3) is 0 Å². The van der Waals surface area contributed by atoms with E-state index in [2.05, 4.69) is 32.9 Å². The van der Waals surface area contributed by atoms with E-state index in [9.17, 15) is 0 Å². The van der Waals surface area contributed by atoms with Crippen molar-refractivity contribution in [2.24, 2.45) is 5.73 Å². The SMILES string of the molecule is CCCOc1ccc(C(N)CC)cc1C. The average molecular weight is 207 g/mol. The highest BCUT2D eigenvalue weighted by Crippen LogP contribution is 2.23. The lowest BCUT2D eigenvalue weighted by Crippen LogP contribution is -2.09. The van der Waals surface area contributed by atoms with Crippen LogP contribution >= 0.6 is 0 Å². The summed E-state index contributed by atoms with van der Waals surface area (Å²) in [7, 11) is 0. The van der Waals surface area contributed by atoms with Crippen LogP contribution in [0.4, 0.5) is 0 Å². The Hall–Kier alpha value is -1.02. The number of nitrogens with two attached hydrogens (primary N) is 1. The third kappa shape index (κ3) is 3.24. The summed E-state index contributed by atoms with van der Waals surface area (Å²) in [6.45, 7) is 7.05. The van der Waals surface area contributed by atoms with Gasteiger partial charge < -0.3 is 10.5 Å². The van der Waals surface area contributed by atoms with E-state index in [4.69, 9.17) is 10.5 Å². The molecule has 1 unspecified atom stereocenters. The summed E-state index contributed by atoms with van der Waals surface area (Å²) in [5, 5.41) is 0. The van der Waals surface area contributed by atoms with Crippen molar-refractivity contribution in [3.63, 3.8) is 0 Å². The van der Waals surface area contributed by atoms with E-state index in [0.29, 0.717) is 0 Å². The molecule has 2 heteroatoms. The second kappa shape index (κ2) is 5.76. The molecule has 2 nitrogen and oxygen atoms in total. The number of hydrogen-bond donors (Lipinski definition) is 1. The van der Waals surface area contributed by atoms with Gasteiger partial charge in [-0.15, -0.1) is 0 Å². The first-order valence-electron chi connectivity index (χ1n) is 5.68. The molecule has 1 atom stereocenters. The Morgan fingerprint density at radius 3 is 2.60 bits per heavy atom. The minimum Gasteiger partial charge on any atom is -0.493 e. The van der Waals surface area contributed by atoms with Crippen molar-refractivity contribution >= 4 is 0 Å². The van der Waals surface area contributed by atoms with Gasteiger partial charge in [-0.25, -0.2) is 0 Å². The first kappa shape index (κ1) is 12.1. The maximum atomic E-state index is 5.97. The molecule has 0 spiro atoms. The van der Waals surface area contributed by atoms with Gasteiger partial charge in [0, 0.05) is 6.04 Å². The molecule has 2 N–H and O–H groups in total. The highest BCUT2D eigenvalue weighted by Gasteiger charge is 2.06. The first-order valence-corrected chi connectivity index (χ1v) is 5.68. The third-order valence-corrected chi connectivity index (χ3v) is 2.53. The monoisotopic (exact) mass is 207 g/mol. The van der Waals surface area contributed by atoms with Crippen LogP contribution in [0.1, 0.15) is 43.9 Å². The molecule has 84 valence electrons. The first-order chi connectivity index (χ1) is 7.19. The predicted molar refractivity (Wildman–Crippen MR) is 64.2 cm³/mol. The predicted octanol–water partition coefficient (Wildman–Crippen LogP) is 3.19. The molecule has 0 aliphatic carbocycles. The fourth-order valence-electron chi connectivity index (χ4n) is 1.51. The van der Waals surface area contributed by atoms with Crippen molar-refractivity contribution < 1.29 is 4.74 Å². The van der Waals surface area contributed by atoms with Gasteiger partial charge >= 0.3 is 0 Å². The molecular weight excluding hydrogens is 186 g/mol. The Labute approximate surface area is 92.4 Å². The maximum absolute atomic E-state index is 5.97. The van der Waals surface area contributed by atoms with Crippen molar-refractivity contribution in [3.8, 4) is 5.75 Å². The largest absolute Gasteiger partial charge is 0.493 e. The number of aryl methyl sites for hydroxylation is 1. The molecule has 0 aliphatic rings. The lowest BCUT2D eigenvalue weighted by Gasteiger charge is -2.13. The zero-order valence-corrected chi connectivity index (χ0v) is 9.92. The van der Waals surface area contributed by atoms with Crippen LogP contribution in [0.2, 0.25) is 0 Å². The molecule has 1 rings (SSSR count). The normalized spacial score (nSPS) is 12.5. The van der Waals surface area contributed by atoms with E-state index in [-0.39, 0.29) is 6.04 Å². The number of ether oxygens (including phenoxy) is 1. The second-order valence-electron chi connectivity index (χ2n) is 3.89. The van der Waals surface area contributed by atoms with Crippen LogP contribution < -0.4 is 10.5 Å². The quantitative estimate of drug-likeness (QED) is 0.804. The third-order valence-electron chi connectivity index (χ3n) is 2.53. The fourth-order valence-corrected chi connectivity index (χ4v) is 1.51. The van der Waals surface area contributed by atoms with Crippen molar-refractivity contribution in [1.29, 1.82) is 0 Å². The average Bonchev–Trinajstić information content (AvgIpc) is 2.26. The van der Waals surface area contributed by atoms with Gasteiger partial charge in [0.1, 0.15) is 5.75 Å². The lowest BCUT2D eigenvalue weighted by atomic mass is 10.0. The zero-order valence-electron chi connectivity index (χ0n) is 9.92. The van der Waals surface area contributed by atoms with Gasteiger partial charge in [0.15, 0.2) is 0 Å². The molecule has 0 aliphatic heterocycles. The van der Waals surface area contributed by atoms with E-state index in [1.807, 2.05) is 6.07 Å². The minimum atomic E-state index is 0.143. The molecule has 0 aromatic heterocycles. The lowest BCUT2D eigenvalue weighted by molar-refractivity contribution is 0.315. The van der Waals surface area contributed by atoms with Gasteiger partial charge in [0.25, 0.3) is 0 Å². The smallest absolute Gasteiger partial charge is 0.122 e. The van der Waals surface area contributed by atoms with Crippen LogP contribution in [0.5, 0.6) is 5.75 Å². The van der Waals surface area contributed by atoms with Crippen LogP contribution in [0.3, 0.4) is 0 Å². The Bertz CT molecular complexity index is 309. The molecule has 0 radical (unpaired) electrons. The Kier molecular flexibility index (Phi) is 4.63. The Morgan fingerprint density at radius 1 is 1.33 bits per heavy atom. The summed E-state index contributed by atoms with van der Waals surface area (Å²) < 4.78 is 5.61. The molecule has 1 aromatic rings. The summed E-state index contributed by atoms with van der Waals surface area (Å²) >= 11 is 0. The summed E-state index contributed by atoms with van der Waals surface area (Å²) in [6.07, 6.45) is 2.00. The molecule has 15 heavy (non-hydrogen) atoms. The van der Waals surface area contributed by atoms with Gasteiger partial charge in [-0.05, 0) is 37.0 Å². The maximum Gasteiger partial charge on any atom is 0.122 e. The van der Waals surface area contributed by atoms with Crippen molar-refractivity contribution in [1.82, 2.24) is 0 Å². The summed E-state index contributed by atoms with van der Waals surface area (Å²) in [6, 6.07) is 6.35. The molecule has 0 saturated heterocycles. The van der Waals surface area contributed by atoms with Gasteiger partial charge in [-0.3, -0.25) is 0 Å². The van der Waals surface area contributed by atoms with Gasteiger partial charge in [-0.2, -0.15) is 0 Å². The summed E-state index contributed by atoms with van der Waals surface area (Å²) in [4.78, 5) is 0. The molecule has 0 heterocycles. The van der Waals surface area contributed by atoms with Crippen LogP contribution in [0, 0.1) is 6.92 Å². The topological polar surface area (TPSA) is 35.2 Å². The zero-order chi connectivity index (χ0) is 11.3. The van der Waals surface area contributed by atoms with Crippen molar-refractivity contribution in [2.45, 2.75) is 39.7 Å². The van der Waals surface area contributed by atoms with Crippen molar-refractivity contribution in [2.75, 3.05) is 6.61 Å². The molecule has 0 amide bonds. The highest BCUT2D eigenvalue weighted by molar-refractivity contribution is 5.37. The summed E-state index contributed by atoms with van der Waals surface area (Å²) in [5.41, 5.74) is 8.34. The van der Waals surface area contributed by atoms with E-state index >= 15 is 0 Å². The van der Waals surface area contributed by atoms with E-state index < -0.39 is 0 Å². The minimum absolute atomic E-state index is 0.143. The van der Waals surface area contributed by atoms with Gasteiger partial charge in [0.2, 0.25) is 0 Å². The Morgan fingerprint density at radius 2 is 2.07 bits per heavy atom. The molecule has 0 saturated carbocycles. The number of hydrogen-bond acceptors (Lipinski definition) is 2. The van der Waals surface area contributed by atoms with E-state index in [1.54, 1.807) is 0 Å². The van der Waals surface area contributed by atoms with Gasteiger partial charge in [0.05, 0.1) is 6.61 Å². The standard InChI is InChI=1S/C13H21NO/c1-4-8-15-13-7-6-11(9-10(13)3)12(14)5-2/h6-7,9,12H,4-5,8,14H2,1-3H3. The number of benzene rings is 1. The highest BCUT2D eigenvalue weighted by atomic mass is 16.5. The van der Waals surface area contributed by atoms with Gasteiger partial charge in [-0.1, -0.05) is 26.0 Å². The molecular formula is C13H21NO. The van der Waals surface area contributed by atoms with Crippen LogP contribution in [0.15, 0.2) is 18.2 Å². The molecule has 0 bridgehead atoms. The molecule has 1 aromatic carbocycles. The molecule has 0 fully saturated rings. The Balaban J connectivity index is 2.78. The van der Waals surface area contributed by atoms with Crippen LogP contribution in [-0.4, -0.2) is 6.61 Å². The fraction of sp³-hybridized carbons (Fsp3) is 0.538. The summed E-state index contributed by atoms with van der Waals surface area (Å²) in [5.74, 6) is 0.976.